The quantitative estimate of drug-likeness (QED) is 0.485. The maximum atomic E-state index is 14.6. The van der Waals surface area contributed by atoms with Crippen LogP contribution in [0.15, 0.2) is 71.7 Å². The fourth-order valence-electron chi connectivity index (χ4n) is 4.26. The lowest BCUT2D eigenvalue weighted by atomic mass is 10.1. The minimum Gasteiger partial charge on any atom is -0.319 e. The minimum absolute atomic E-state index is 0.00802. The summed E-state index contributed by atoms with van der Waals surface area (Å²) >= 11 is 0. The van der Waals surface area contributed by atoms with Gasteiger partial charge >= 0.3 is 0 Å². The van der Waals surface area contributed by atoms with Gasteiger partial charge in [-0.25, -0.2) is 4.39 Å². The van der Waals surface area contributed by atoms with Gasteiger partial charge in [-0.2, -0.15) is 0 Å². The highest BCUT2D eigenvalue weighted by Crippen LogP contribution is 2.26. The number of aryl methyl sites for hydroxylation is 1. The van der Waals surface area contributed by atoms with E-state index < -0.39 is 17.3 Å². The molecule has 0 spiro atoms. The van der Waals surface area contributed by atoms with Crippen molar-refractivity contribution in [1.29, 1.82) is 0 Å². The molecule has 0 radical (unpaired) electrons. The molecular weight excluding hydrogens is 433 g/mol. The molecule has 0 atom stereocenters. The molecule has 7 nitrogen and oxygen atoms in total. The van der Waals surface area contributed by atoms with E-state index in [1.54, 1.807) is 24.4 Å². The number of fused-ring (bicyclic) bond motifs is 1. The molecule has 8 heteroatoms. The second-order valence-electron chi connectivity index (χ2n) is 8.39. The van der Waals surface area contributed by atoms with Crippen molar-refractivity contribution < 1.29 is 9.18 Å². The minimum atomic E-state index is -0.663. The number of carbonyl (C=O) groups is 1. The zero-order chi connectivity index (χ0) is 23.5. The van der Waals surface area contributed by atoms with Crippen molar-refractivity contribution in [2.45, 2.75) is 38.8 Å². The molecule has 1 aliphatic rings. The fourth-order valence-corrected chi connectivity index (χ4v) is 4.26. The van der Waals surface area contributed by atoms with Crippen LogP contribution < -0.4 is 10.9 Å². The molecule has 0 bridgehead atoms. The smallest absolute Gasteiger partial charge is 0.263 e. The summed E-state index contributed by atoms with van der Waals surface area (Å²) in [6.45, 7) is 1.14. The van der Waals surface area contributed by atoms with Gasteiger partial charge in [0.25, 0.3) is 11.5 Å². The molecule has 4 aromatic rings. The predicted octanol–water partition coefficient (Wildman–Crippen LogP) is 4.27. The first kappa shape index (κ1) is 21.8. The molecule has 3 heterocycles. The van der Waals surface area contributed by atoms with Crippen LogP contribution in [0.1, 0.15) is 41.0 Å². The molecule has 0 fully saturated rings. The lowest BCUT2D eigenvalue weighted by molar-refractivity contribution is 0.102. The van der Waals surface area contributed by atoms with Gasteiger partial charge in [-0.15, -0.1) is 10.2 Å². The van der Waals surface area contributed by atoms with Crippen LogP contribution in [0.3, 0.4) is 0 Å². The standard InChI is InChI=1S/C26H24FN5O2/c27-21-13-12-19(24-30-29-23-11-5-2-6-15-32(23)24)16-22(21)28-25(33)20-10-7-14-31(26(20)34)17-18-8-3-1-4-9-18/h1,3-4,7-10,12-14,16H,2,5-6,11,15,17H2,(H,28,33). The van der Waals surface area contributed by atoms with E-state index >= 15 is 0 Å². The highest BCUT2D eigenvalue weighted by molar-refractivity contribution is 6.04. The van der Waals surface area contributed by atoms with Crippen molar-refractivity contribution in [3.05, 3.63) is 100.0 Å². The van der Waals surface area contributed by atoms with Crippen molar-refractivity contribution >= 4 is 11.6 Å². The number of nitrogens with zero attached hydrogens (tertiary/aromatic N) is 4. The average Bonchev–Trinajstić information content (AvgIpc) is 3.10. The van der Waals surface area contributed by atoms with Gasteiger partial charge in [0.2, 0.25) is 0 Å². The number of hydrogen-bond acceptors (Lipinski definition) is 4. The third kappa shape index (κ3) is 4.39. The number of hydrogen-bond donors (Lipinski definition) is 1. The van der Waals surface area contributed by atoms with Crippen molar-refractivity contribution in [3.8, 4) is 11.4 Å². The Morgan fingerprint density at radius 2 is 1.85 bits per heavy atom. The van der Waals surface area contributed by atoms with Crippen molar-refractivity contribution in [3.63, 3.8) is 0 Å². The van der Waals surface area contributed by atoms with Crippen LogP contribution in [-0.4, -0.2) is 25.2 Å². The van der Waals surface area contributed by atoms with Crippen LogP contribution in [0, 0.1) is 5.82 Å². The van der Waals surface area contributed by atoms with E-state index in [1.165, 1.54) is 16.7 Å². The Morgan fingerprint density at radius 3 is 2.71 bits per heavy atom. The first-order valence-electron chi connectivity index (χ1n) is 11.4. The van der Waals surface area contributed by atoms with Gasteiger partial charge < -0.3 is 14.5 Å². The van der Waals surface area contributed by atoms with Crippen LogP contribution in [0.25, 0.3) is 11.4 Å². The number of anilines is 1. The zero-order valence-electron chi connectivity index (χ0n) is 18.6. The van der Waals surface area contributed by atoms with Crippen molar-refractivity contribution in [1.82, 2.24) is 19.3 Å². The molecule has 0 saturated heterocycles. The molecule has 1 amide bonds. The third-order valence-corrected chi connectivity index (χ3v) is 6.04. The number of nitrogens with one attached hydrogen (secondary N) is 1. The topological polar surface area (TPSA) is 81.8 Å². The molecule has 2 aromatic heterocycles. The van der Waals surface area contributed by atoms with Crippen LogP contribution in [0.4, 0.5) is 10.1 Å². The Balaban J connectivity index is 1.41. The SMILES string of the molecule is O=C(Nc1cc(-c2nnc3n2CCCCC3)ccc1F)c1cccn(Cc2ccccc2)c1=O. The fraction of sp³-hybridized carbons (Fsp3) is 0.231. The first-order chi connectivity index (χ1) is 16.6. The summed E-state index contributed by atoms with van der Waals surface area (Å²) in [4.78, 5) is 25.9. The lowest BCUT2D eigenvalue weighted by Crippen LogP contribution is -2.29. The van der Waals surface area contributed by atoms with E-state index in [2.05, 4.69) is 20.1 Å². The second-order valence-corrected chi connectivity index (χ2v) is 8.39. The highest BCUT2D eigenvalue weighted by atomic mass is 19.1. The number of pyridine rings is 1. The summed E-state index contributed by atoms with van der Waals surface area (Å²) in [5.41, 5.74) is 1.09. The zero-order valence-corrected chi connectivity index (χ0v) is 18.6. The predicted molar refractivity (Wildman–Crippen MR) is 127 cm³/mol. The molecule has 0 aliphatic carbocycles. The van der Waals surface area contributed by atoms with Crippen molar-refractivity contribution in [2.75, 3.05) is 5.32 Å². The van der Waals surface area contributed by atoms with Crippen LogP contribution in [-0.2, 0) is 19.5 Å². The Kier molecular flexibility index (Phi) is 6.03. The summed E-state index contributed by atoms with van der Waals surface area (Å²) in [6.07, 6.45) is 5.73. The van der Waals surface area contributed by atoms with E-state index in [9.17, 15) is 14.0 Å². The van der Waals surface area contributed by atoms with Gasteiger partial charge in [-0.05, 0) is 48.7 Å². The van der Waals surface area contributed by atoms with E-state index in [4.69, 9.17) is 0 Å². The lowest BCUT2D eigenvalue weighted by Gasteiger charge is -2.11. The number of halogens is 1. The molecule has 5 rings (SSSR count). The first-order valence-corrected chi connectivity index (χ1v) is 11.4. The molecule has 1 aliphatic heterocycles. The maximum Gasteiger partial charge on any atom is 0.263 e. The van der Waals surface area contributed by atoms with Crippen LogP contribution >= 0.6 is 0 Å². The Morgan fingerprint density at radius 1 is 1.00 bits per heavy atom. The molecule has 34 heavy (non-hydrogen) atoms. The number of carbonyl (C=O) groups excluding carboxylic acids is 1. The van der Waals surface area contributed by atoms with Crippen molar-refractivity contribution in [2.24, 2.45) is 0 Å². The van der Waals surface area contributed by atoms with Gasteiger partial charge in [-0.3, -0.25) is 9.59 Å². The molecule has 2 aromatic carbocycles. The number of rotatable bonds is 5. The molecule has 1 N–H and O–H groups in total. The van der Waals surface area contributed by atoms with E-state index in [-0.39, 0.29) is 11.3 Å². The second kappa shape index (κ2) is 9.43. The molecular formula is C26H24FN5O2. The normalized spacial score (nSPS) is 13.2. The Labute approximate surface area is 195 Å². The van der Waals surface area contributed by atoms with Gasteiger partial charge in [0.05, 0.1) is 12.2 Å². The van der Waals surface area contributed by atoms with Crippen LogP contribution in [0.2, 0.25) is 0 Å². The summed E-state index contributed by atoms with van der Waals surface area (Å²) in [5.74, 6) is 0.319. The van der Waals surface area contributed by atoms with Gasteiger partial charge in [0.15, 0.2) is 5.82 Å². The van der Waals surface area contributed by atoms with E-state index in [1.807, 2.05) is 30.3 Å². The molecule has 0 unspecified atom stereocenters. The number of amides is 1. The molecule has 172 valence electrons. The summed E-state index contributed by atoms with van der Waals surface area (Å²) in [7, 11) is 0. The number of benzene rings is 2. The summed E-state index contributed by atoms with van der Waals surface area (Å²) in [6, 6.07) is 17.0. The summed E-state index contributed by atoms with van der Waals surface area (Å²) < 4.78 is 18.1. The third-order valence-electron chi connectivity index (χ3n) is 6.04. The van der Waals surface area contributed by atoms with Crippen LogP contribution in [0.5, 0.6) is 0 Å². The van der Waals surface area contributed by atoms with E-state index in [0.717, 1.165) is 43.6 Å². The van der Waals surface area contributed by atoms with Gasteiger partial charge in [-0.1, -0.05) is 36.8 Å². The molecule has 0 saturated carbocycles. The van der Waals surface area contributed by atoms with E-state index in [0.29, 0.717) is 17.9 Å². The monoisotopic (exact) mass is 457 g/mol. The Bertz CT molecular complexity index is 1390. The largest absolute Gasteiger partial charge is 0.319 e. The van der Waals surface area contributed by atoms with Gasteiger partial charge in [0.1, 0.15) is 17.2 Å². The highest BCUT2D eigenvalue weighted by Gasteiger charge is 2.19. The number of aromatic nitrogens is 4. The van der Waals surface area contributed by atoms with Gasteiger partial charge in [0, 0.05) is 24.7 Å². The average molecular weight is 458 g/mol. The maximum absolute atomic E-state index is 14.6. The Hall–Kier alpha value is -4.07. The summed E-state index contributed by atoms with van der Waals surface area (Å²) in [5, 5.41) is 11.2.